The van der Waals surface area contributed by atoms with E-state index in [1.54, 1.807) is 0 Å². The molecule has 0 unspecified atom stereocenters. The third-order valence-electron chi connectivity index (χ3n) is 5.57. The van der Waals surface area contributed by atoms with Crippen molar-refractivity contribution in [2.75, 3.05) is 33.2 Å². The van der Waals surface area contributed by atoms with Crippen molar-refractivity contribution in [3.05, 3.63) is 0 Å². The van der Waals surface area contributed by atoms with E-state index in [0.717, 1.165) is 19.4 Å². The van der Waals surface area contributed by atoms with E-state index in [9.17, 15) is 18.0 Å². The Hall–Kier alpha value is -0.980. The van der Waals surface area contributed by atoms with E-state index in [-0.39, 0.29) is 31.6 Å². The van der Waals surface area contributed by atoms with Crippen LogP contribution in [0.5, 0.6) is 0 Å². The van der Waals surface area contributed by atoms with Crippen LogP contribution in [0.25, 0.3) is 0 Å². The van der Waals surface area contributed by atoms with Gasteiger partial charge in [0, 0.05) is 25.7 Å². The summed E-state index contributed by atoms with van der Waals surface area (Å²) in [7, 11) is 2.00. The molecule has 3 atom stereocenters. The highest BCUT2D eigenvalue weighted by Crippen LogP contribution is 2.57. The number of alkyl halides is 3. The molecule has 2 rings (SSSR count). The zero-order valence-corrected chi connectivity index (χ0v) is 15.0. The molecule has 2 aliphatic rings. The van der Waals surface area contributed by atoms with Crippen molar-refractivity contribution in [2.24, 2.45) is 11.3 Å². The molecule has 0 aromatic rings. The van der Waals surface area contributed by atoms with E-state index in [4.69, 9.17) is 0 Å². The Morgan fingerprint density at radius 3 is 2.75 bits per heavy atom. The summed E-state index contributed by atoms with van der Waals surface area (Å²) < 4.78 is 40.6. The fraction of sp³-hybridized carbons (Fsp3) is 0.941. The van der Waals surface area contributed by atoms with Gasteiger partial charge in [-0.05, 0) is 45.7 Å². The van der Waals surface area contributed by atoms with Crippen molar-refractivity contribution in [3.8, 4) is 0 Å². The third-order valence-corrected chi connectivity index (χ3v) is 5.57. The number of carbonyl (C=O) groups is 1. The number of nitrogens with zero attached hydrogens (tertiary/aromatic N) is 2. The highest BCUT2D eigenvalue weighted by molar-refractivity contribution is 5.75. The summed E-state index contributed by atoms with van der Waals surface area (Å²) in [5.41, 5.74) is -1.68. The number of unbranched alkanes of at least 4 members (excludes halogenated alkanes) is 1. The molecule has 140 valence electrons. The molecule has 4 nitrogen and oxygen atoms in total. The average Bonchev–Trinajstić information content (AvgIpc) is 3.02. The van der Waals surface area contributed by atoms with Gasteiger partial charge in [-0.3, -0.25) is 0 Å². The quantitative estimate of drug-likeness (QED) is 0.797. The Morgan fingerprint density at radius 2 is 2.17 bits per heavy atom. The van der Waals surface area contributed by atoms with Crippen molar-refractivity contribution in [3.63, 3.8) is 0 Å². The van der Waals surface area contributed by atoms with Crippen molar-refractivity contribution in [1.82, 2.24) is 15.1 Å². The number of nitrogens with one attached hydrogen (secondary N) is 1. The van der Waals surface area contributed by atoms with Crippen LogP contribution in [0.4, 0.5) is 18.0 Å². The van der Waals surface area contributed by atoms with Crippen LogP contribution >= 0.6 is 0 Å². The van der Waals surface area contributed by atoms with Crippen molar-refractivity contribution in [2.45, 2.75) is 58.2 Å². The number of amides is 2. The molecule has 1 heterocycles. The topological polar surface area (TPSA) is 35.6 Å². The van der Waals surface area contributed by atoms with Crippen molar-refractivity contribution < 1.29 is 18.0 Å². The molecular formula is C17H30F3N3O. The lowest BCUT2D eigenvalue weighted by atomic mass is 9.80. The van der Waals surface area contributed by atoms with E-state index in [2.05, 4.69) is 17.1 Å². The second kappa shape index (κ2) is 7.50. The lowest BCUT2D eigenvalue weighted by Gasteiger charge is -2.31. The molecule has 0 aromatic heterocycles. The number of halogens is 3. The van der Waals surface area contributed by atoms with E-state index in [1.165, 1.54) is 4.90 Å². The Kier molecular flexibility index (Phi) is 6.04. The van der Waals surface area contributed by atoms with Gasteiger partial charge in [0.05, 0.1) is 5.41 Å². The van der Waals surface area contributed by atoms with Crippen LogP contribution in [-0.2, 0) is 0 Å². The molecule has 0 aromatic carbocycles. The monoisotopic (exact) mass is 349 g/mol. The average molecular weight is 349 g/mol. The number of hydrogen-bond acceptors (Lipinski definition) is 2. The second-order valence-corrected chi connectivity index (χ2v) is 7.59. The van der Waals surface area contributed by atoms with Crippen LogP contribution in [0.1, 0.15) is 46.0 Å². The fourth-order valence-corrected chi connectivity index (χ4v) is 4.24. The molecule has 0 radical (unpaired) electrons. The largest absolute Gasteiger partial charge is 0.396 e. The van der Waals surface area contributed by atoms with Crippen LogP contribution < -0.4 is 5.32 Å². The lowest BCUT2D eigenvalue weighted by molar-refractivity contribution is -0.226. The summed E-state index contributed by atoms with van der Waals surface area (Å²) in [6.07, 6.45) is -0.689. The van der Waals surface area contributed by atoms with Crippen LogP contribution in [0.15, 0.2) is 0 Å². The Bertz CT molecular complexity index is 443. The Balaban J connectivity index is 1.88. The Morgan fingerprint density at radius 1 is 1.46 bits per heavy atom. The second-order valence-electron chi connectivity index (χ2n) is 7.59. The number of carbonyl (C=O) groups excluding carboxylic acids is 1. The first-order valence-corrected chi connectivity index (χ1v) is 9.00. The van der Waals surface area contributed by atoms with Crippen LogP contribution in [-0.4, -0.2) is 61.3 Å². The zero-order valence-electron chi connectivity index (χ0n) is 15.0. The number of urea groups is 1. The molecular weight excluding hydrogens is 319 g/mol. The maximum Gasteiger partial charge on any atom is 0.396 e. The SMILES string of the molecule is CCCCN(C)C[C@@H](C)NC(=O)N1C[C@@H]2CCC[C@]2(C(F)(F)F)C1. The molecule has 1 saturated carbocycles. The maximum atomic E-state index is 13.5. The van der Waals surface area contributed by atoms with Crippen LogP contribution in [0.3, 0.4) is 0 Å². The number of rotatable bonds is 6. The maximum absolute atomic E-state index is 13.5. The predicted octanol–water partition coefficient (Wildman–Crippen LogP) is 3.48. The van der Waals surface area contributed by atoms with Gasteiger partial charge in [-0.25, -0.2) is 4.79 Å². The van der Waals surface area contributed by atoms with E-state index in [1.807, 2.05) is 14.0 Å². The highest BCUT2D eigenvalue weighted by Gasteiger charge is 2.65. The van der Waals surface area contributed by atoms with E-state index < -0.39 is 17.5 Å². The number of hydrogen-bond donors (Lipinski definition) is 1. The zero-order chi connectivity index (χ0) is 18.0. The highest BCUT2D eigenvalue weighted by atomic mass is 19.4. The van der Waals surface area contributed by atoms with Gasteiger partial charge in [0.1, 0.15) is 0 Å². The number of fused-ring (bicyclic) bond motifs is 1. The summed E-state index contributed by atoms with van der Waals surface area (Å²) in [5, 5.41) is 2.87. The first-order chi connectivity index (χ1) is 11.2. The molecule has 0 bridgehead atoms. The minimum absolute atomic E-state index is 0.0818. The molecule has 0 spiro atoms. The summed E-state index contributed by atoms with van der Waals surface area (Å²) in [6, 6.07) is -0.439. The standard InChI is InChI=1S/C17H30F3N3O/c1-4-5-9-22(3)10-13(2)21-15(24)23-11-14-7-6-8-16(14,12-23)17(18,19)20/h13-14H,4-12H2,1-3H3,(H,21,24)/t13-,14+,16+/m1/s1. The molecule has 2 fully saturated rings. The van der Waals surface area contributed by atoms with Crippen molar-refractivity contribution >= 4 is 6.03 Å². The molecule has 2 amide bonds. The van der Waals surface area contributed by atoms with E-state index >= 15 is 0 Å². The van der Waals surface area contributed by atoms with Crippen molar-refractivity contribution in [1.29, 1.82) is 0 Å². The summed E-state index contributed by atoms with van der Waals surface area (Å²) in [4.78, 5) is 15.9. The smallest absolute Gasteiger partial charge is 0.334 e. The summed E-state index contributed by atoms with van der Waals surface area (Å²) in [6.45, 7) is 5.72. The molecule has 7 heteroatoms. The van der Waals surface area contributed by atoms with Gasteiger partial charge in [0.2, 0.25) is 0 Å². The molecule has 1 saturated heterocycles. The third kappa shape index (κ3) is 3.98. The molecule has 24 heavy (non-hydrogen) atoms. The van der Waals surface area contributed by atoms with Gasteiger partial charge in [-0.15, -0.1) is 0 Å². The van der Waals surface area contributed by atoms with Gasteiger partial charge >= 0.3 is 12.2 Å². The van der Waals surface area contributed by atoms with Gasteiger partial charge in [-0.1, -0.05) is 19.8 Å². The fourth-order valence-electron chi connectivity index (χ4n) is 4.24. The van der Waals surface area contributed by atoms with Gasteiger partial charge in [0.15, 0.2) is 0 Å². The van der Waals surface area contributed by atoms with Crippen LogP contribution in [0.2, 0.25) is 0 Å². The molecule has 1 N–H and O–H groups in total. The summed E-state index contributed by atoms with van der Waals surface area (Å²) >= 11 is 0. The first kappa shape index (κ1) is 19.3. The molecule has 1 aliphatic heterocycles. The van der Waals surface area contributed by atoms with Gasteiger partial charge in [-0.2, -0.15) is 13.2 Å². The van der Waals surface area contributed by atoms with Crippen LogP contribution in [0, 0.1) is 11.3 Å². The Labute approximate surface area is 142 Å². The minimum Gasteiger partial charge on any atom is -0.334 e. The summed E-state index contributed by atoms with van der Waals surface area (Å²) in [5.74, 6) is -0.439. The predicted molar refractivity (Wildman–Crippen MR) is 87.8 cm³/mol. The normalized spacial score (nSPS) is 28.3. The molecule has 1 aliphatic carbocycles. The van der Waals surface area contributed by atoms with E-state index in [0.29, 0.717) is 19.4 Å². The number of likely N-dealkylation sites (tertiary alicyclic amines) is 1. The minimum atomic E-state index is -4.23. The van der Waals surface area contributed by atoms with Gasteiger partial charge < -0.3 is 15.1 Å². The first-order valence-electron chi connectivity index (χ1n) is 9.00. The number of likely N-dealkylation sites (N-methyl/N-ethyl adjacent to an activating group) is 1. The lowest BCUT2D eigenvalue weighted by Crippen LogP contribution is -2.48. The van der Waals surface area contributed by atoms with Gasteiger partial charge in [0.25, 0.3) is 0 Å².